The number of alkyl halides is 3. The molecule has 7 nitrogen and oxygen atoms in total. The van der Waals surface area contributed by atoms with Crippen molar-refractivity contribution in [1.29, 1.82) is 0 Å². The van der Waals surface area contributed by atoms with Crippen LogP contribution in [0.1, 0.15) is 13.3 Å². The van der Waals surface area contributed by atoms with E-state index >= 15 is 0 Å². The van der Waals surface area contributed by atoms with Crippen LogP contribution in [0.15, 0.2) is 0 Å². The number of halogens is 3. The van der Waals surface area contributed by atoms with Crippen LogP contribution in [-0.2, 0) is 24.2 Å². The molecule has 1 amide bonds. The minimum absolute atomic E-state index is 0.204. The van der Waals surface area contributed by atoms with Crippen LogP contribution in [0.4, 0.5) is 13.2 Å². The van der Waals surface area contributed by atoms with E-state index in [9.17, 15) is 31.2 Å². The molecular weight excluding hydrogens is 319 g/mol. The van der Waals surface area contributed by atoms with Crippen molar-refractivity contribution in [2.45, 2.75) is 25.6 Å². The monoisotopic (exact) mass is 335 g/mol. The number of nitrogens with one attached hydrogen (secondary N) is 1. The Balaban J connectivity index is 4.23. The first-order valence-corrected chi connectivity index (χ1v) is 7.60. The number of ether oxygens (including phenoxy) is 1. The summed E-state index contributed by atoms with van der Waals surface area (Å²) in [6.45, 7) is -0.860. The third-order valence-corrected chi connectivity index (χ3v) is 3.86. The molecule has 0 rings (SSSR count). The maximum atomic E-state index is 11.8. The fraction of sp³-hybridized carbons (Fsp3) is 0.800. The van der Waals surface area contributed by atoms with Crippen LogP contribution in [0, 0.1) is 0 Å². The molecule has 2 N–H and O–H groups in total. The van der Waals surface area contributed by atoms with Crippen LogP contribution in [0.2, 0.25) is 0 Å². The van der Waals surface area contributed by atoms with Crippen LogP contribution < -0.4 is 5.32 Å². The van der Waals surface area contributed by atoms with Gasteiger partial charge in [0.15, 0.2) is 9.84 Å². The molecule has 0 saturated heterocycles. The lowest BCUT2D eigenvalue weighted by atomic mass is 10.3. The van der Waals surface area contributed by atoms with Gasteiger partial charge in [-0.3, -0.25) is 4.79 Å². The van der Waals surface area contributed by atoms with Gasteiger partial charge in [0, 0.05) is 13.5 Å². The highest BCUT2D eigenvalue weighted by molar-refractivity contribution is 7.91. The number of hydrogen-bond donors (Lipinski definition) is 2. The predicted molar refractivity (Wildman–Crippen MR) is 65.4 cm³/mol. The van der Waals surface area contributed by atoms with Crippen molar-refractivity contribution in [1.82, 2.24) is 5.32 Å². The summed E-state index contributed by atoms with van der Waals surface area (Å²) in [5.74, 6) is -3.58. The highest BCUT2D eigenvalue weighted by Gasteiger charge is 2.28. The van der Waals surface area contributed by atoms with Crippen molar-refractivity contribution in [3.05, 3.63) is 0 Å². The first-order valence-electron chi connectivity index (χ1n) is 5.78. The zero-order valence-corrected chi connectivity index (χ0v) is 12.0. The molecule has 11 heteroatoms. The number of aliphatic carboxylic acids is 1. The summed E-state index contributed by atoms with van der Waals surface area (Å²) in [4.78, 5) is 21.5. The molecule has 0 aliphatic carbocycles. The Morgan fingerprint density at radius 2 is 1.90 bits per heavy atom. The lowest BCUT2D eigenvalue weighted by Crippen LogP contribution is -2.44. The van der Waals surface area contributed by atoms with Gasteiger partial charge < -0.3 is 15.2 Å². The summed E-state index contributed by atoms with van der Waals surface area (Å²) >= 11 is 0. The molecule has 0 radical (unpaired) electrons. The molecule has 0 saturated carbocycles. The number of carbonyl (C=O) groups is 2. The number of rotatable bonds is 9. The van der Waals surface area contributed by atoms with E-state index in [-0.39, 0.29) is 6.42 Å². The minimum atomic E-state index is -4.49. The van der Waals surface area contributed by atoms with Crippen LogP contribution >= 0.6 is 0 Å². The summed E-state index contributed by atoms with van der Waals surface area (Å²) < 4.78 is 62.7. The quantitative estimate of drug-likeness (QED) is 0.572. The van der Waals surface area contributed by atoms with Crippen molar-refractivity contribution >= 4 is 21.7 Å². The first-order chi connectivity index (χ1) is 9.43. The highest BCUT2D eigenvalue weighted by Crippen LogP contribution is 2.14. The van der Waals surface area contributed by atoms with Gasteiger partial charge in [-0.25, -0.2) is 13.2 Å². The van der Waals surface area contributed by atoms with Crippen LogP contribution in [0.25, 0.3) is 0 Å². The Hall–Kier alpha value is -1.36. The number of carboxylic acids is 1. The average molecular weight is 335 g/mol. The summed E-state index contributed by atoms with van der Waals surface area (Å²) in [6.07, 6.45) is -4.69. The van der Waals surface area contributed by atoms with Crippen LogP contribution in [-0.4, -0.2) is 62.3 Å². The lowest BCUT2D eigenvalue weighted by Gasteiger charge is -2.13. The average Bonchev–Trinajstić information content (AvgIpc) is 2.24. The second-order valence-electron chi connectivity index (χ2n) is 4.23. The van der Waals surface area contributed by atoms with Crippen molar-refractivity contribution in [3.63, 3.8) is 0 Å². The number of hydrogen-bond acceptors (Lipinski definition) is 5. The SMILES string of the molecule is CC(=O)N[C@@H](CS(=O)(=O)CCCOCC(F)(F)F)C(=O)O. The van der Waals surface area contributed by atoms with Crippen LogP contribution in [0.3, 0.4) is 0 Å². The van der Waals surface area contributed by atoms with E-state index in [4.69, 9.17) is 5.11 Å². The Kier molecular flexibility index (Phi) is 7.64. The van der Waals surface area contributed by atoms with Gasteiger partial charge in [0.25, 0.3) is 0 Å². The zero-order chi connectivity index (χ0) is 16.7. The van der Waals surface area contributed by atoms with E-state index in [0.717, 1.165) is 6.92 Å². The van der Waals surface area contributed by atoms with Gasteiger partial charge in [-0.2, -0.15) is 13.2 Å². The Morgan fingerprint density at radius 3 is 2.33 bits per heavy atom. The van der Waals surface area contributed by atoms with Crippen molar-refractivity contribution in [3.8, 4) is 0 Å². The minimum Gasteiger partial charge on any atom is -0.480 e. The second-order valence-corrected chi connectivity index (χ2v) is 6.46. The smallest absolute Gasteiger partial charge is 0.411 e. The van der Waals surface area contributed by atoms with E-state index in [1.54, 1.807) is 0 Å². The molecule has 0 aromatic carbocycles. The topological polar surface area (TPSA) is 110 Å². The maximum Gasteiger partial charge on any atom is 0.411 e. The Morgan fingerprint density at radius 1 is 1.33 bits per heavy atom. The molecule has 0 aliphatic heterocycles. The van der Waals surface area contributed by atoms with E-state index in [1.807, 2.05) is 5.32 Å². The number of amides is 1. The largest absolute Gasteiger partial charge is 0.480 e. The highest BCUT2D eigenvalue weighted by atomic mass is 32.2. The van der Waals surface area contributed by atoms with Gasteiger partial charge in [-0.15, -0.1) is 0 Å². The standard InChI is InChI=1S/C10H16F3NO6S/c1-7(15)14-8(9(16)17)5-21(18,19)4-2-3-20-6-10(11,12)13/h8H,2-6H2,1H3,(H,14,15)(H,16,17)/t8-/m0/s1. The fourth-order valence-corrected chi connectivity index (χ4v) is 2.78. The lowest BCUT2D eigenvalue weighted by molar-refractivity contribution is -0.173. The van der Waals surface area contributed by atoms with E-state index in [2.05, 4.69) is 4.74 Å². The maximum absolute atomic E-state index is 11.8. The predicted octanol–water partition coefficient (Wildman–Crippen LogP) is -0.0405. The summed E-state index contributed by atoms with van der Waals surface area (Å²) in [5, 5.41) is 10.7. The third-order valence-electron chi connectivity index (χ3n) is 2.11. The number of carboxylic acid groups (broad SMARTS) is 1. The van der Waals surface area contributed by atoms with Gasteiger partial charge >= 0.3 is 12.1 Å². The Bertz CT molecular complexity index is 462. The molecule has 0 spiro atoms. The molecule has 124 valence electrons. The van der Waals surface area contributed by atoms with Crippen molar-refractivity contribution in [2.24, 2.45) is 0 Å². The molecule has 0 aliphatic rings. The second kappa shape index (κ2) is 8.17. The van der Waals surface area contributed by atoms with Gasteiger partial charge in [0.05, 0.1) is 11.5 Å². The molecule has 0 heterocycles. The first kappa shape index (κ1) is 19.6. The molecule has 21 heavy (non-hydrogen) atoms. The van der Waals surface area contributed by atoms with Crippen molar-refractivity contribution < 1.29 is 41.0 Å². The normalized spacial score (nSPS) is 13.7. The molecule has 1 atom stereocenters. The van der Waals surface area contributed by atoms with E-state index < -0.39 is 58.7 Å². The molecule has 0 bridgehead atoms. The molecule has 0 aromatic heterocycles. The molecule has 0 fully saturated rings. The van der Waals surface area contributed by atoms with Crippen molar-refractivity contribution in [2.75, 3.05) is 24.7 Å². The Labute approximate surface area is 119 Å². The van der Waals surface area contributed by atoms with Crippen LogP contribution in [0.5, 0.6) is 0 Å². The van der Waals surface area contributed by atoms with Gasteiger partial charge in [-0.1, -0.05) is 0 Å². The van der Waals surface area contributed by atoms with E-state index in [0.29, 0.717) is 0 Å². The third kappa shape index (κ3) is 11.0. The van der Waals surface area contributed by atoms with Gasteiger partial charge in [0.2, 0.25) is 5.91 Å². The number of carbonyl (C=O) groups excluding carboxylic acids is 1. The zero-order valence-electron chi connectivity index (χ0n) is 11.1. The molecule has 0 unspecified atom stereocenters. The fourth-order valence-electron chi connectivity index (χ4n) is 1.33. The van der Waals surface area contributed by atoms with Gasteiger partial charge in [-0.05, 0) is 6.42 Å². The number of sulfone groups is 1. The van der Waals surface area contributed by atoms with E-state index in [1.165, 1.54) is 0 Å². The summed E-state index contributed by atoms with van der Waals surface area (Å²) in [5.41, 5.74) is 0. The summed E-state index contributed by atoms with van der Waals surface area (Å²) in [7, 11) is -3.84. The summed E-state index contributed by atoms with van der Waals surface area (Å²) in [6, 6.07) is -1.59. The van der Waals surface area contributed by atoms with Gasteiger partial charge in [0.1, 0.15) is 12.6 Å². The molecular formula is C10H16F3NO6S. The molecule has 0 aromatic rings.